The second-order valence-corrected chi connectivity index (χ2v) is 6.16. The van der Waals surface area contributed by atoms with Crippen LogP contribution in [0.3, 0.4) is 0 Å². The zero-order valence-corrected chi connectivity index (χ0v) is 15.3. The fourth-order valence-corrected chi connectivity index (χ4v) is 2.40. The quantitative estimate of drug-likeness (QED) is 0.412. The van der Waals surface area contributed by atoms with Crippen LogP contribution in [0.1, 0.15) is 18.4 Å². The number of nitrogens with zero attached hydrogens (tertiary/aromatic N) is 2. The lowest BCUT2D eigenvalue weighted by molar-refractivity contribution is -0.384. The molecule has 140 valence electrons. The van der Waals surface area contributed by atoms with Gasteiger partial charge in [0.05, 0.1) is 21.8 Å². The summed E-state index contributed by atoms with van der Waals surface area (Å²) in [5, 5.41) is 17.6. The van der Waals surface area contributed by atoms with Crippen molar-refractivity contribution in [3.8, 4) is 0 Å². The molecule has 2 rings (SSSR count). The van der Waals surface area contributed by atoms with E-state index >= 15 is 0 Å². The Hall–Kier alpha value is -2.97. The number of halogens is 2. The van der Waals surface area contributed by atoms with E-state index in [2.05, 4.69) is 15.8 Å². The third-order valence-electron chi connectivity index (χ3n) is 3.29. The molecule has 10 heteroatoms. The Morgan fingerprint density at radius 3 is 2.37 bits per heavy atom. The van der Waals surface area contributed by atoms with Crippen molar-refractivity contribution in [2.45, 2.75) is 12.8 Å². The minimum absolute atomic E-state index is 0.0389. The number of amides is 2. The summed E-state index contributed by atoms with van der Waals surface area (Å²) in [6, 6.07) is 10.3. The number of hydrogen-bond acceptors (Lipinski definition) is 5. The van der Waals surface area contributed by atoms with E-state index in [0.717, 1.165) is 0 Å². The molecule has 0 fully saturated rings. The molecular formula is C17H14Cl2N4O4. The van der Waals surface area contributed by atoms with E-state index in [0.29, 0.717) is 21.3 Å². The summed E-state index contributed by atoms with van der Waals surface area (Å²) in [4.78, 5) is 33.6. The molecule has 27 heavy (non-hydrogen) atoms. The first-order valence-electron chi connectivity index (χ1n) is 7.66. The van der Waals surface area contributed by atoms with Crippen LogP contribution in [-0.4, -0.2) is 23.0 Å². The maximum absolute atomic E-state index is 11.9. The van der Waals surface area contributed by atoms with Crippen LogP contribution in [0.4, 0.5) is 11.4 Å². The van der Waals surface area contributed by atoms with Gasteiger partial charge >= 0.3 is 0 Å². The van der Waals surface area contributed by atoms with Gasteiger partial charge < -0.3 is 5.32 Å². The van der Waals surface area contributed by atoms with E-state index in [1.165, 1.54) is 36.5 Å². The van der Waals surface area contributed by atoms with Gasteiger partial charge in [0.15, 0.2) is 0 Å². The number of anilines is 1. The molecule has 0 unspecified atom stereocenters. The highest BCUT2D eigenvalue weighted by atomic mass is 35.5. The maximum Gasteiger partial charge on any atom is 0.269 e. The summed E-state index contributed by atoms with van der Waals surface area (Å²) in [5.74, 6) is -0.834. The fraction of sp³-hybridized carbons (Fsp3) is 0.118. The van der Waals surface area contributed by atoms with Gasteiger partial charge in [0.25, 0.3) is 5.69 Å². The number of nitro groups is 1. The topological polar surface area (TPSA) is 114 Å². The van der Waals surface area contributed by atoms with E-state index in [1.54, 1.807) is 12.1 Å². The molecule has 8 nitrogen and oxygen atoms in total. The zero-order chi connectivity index (χ0) is 19.8. The van der Waals surface area contributed by atoms with E-state index in [1.807, 2.05) is 0 Å². The SMILES string of the molecule is O=C(CCC(=O)Nc1ccc(Cl)cc1Cl)NN=Cc1ccc([N+](=O)[O-])cc1. The van der Waals surface area contributed by atoms with Crippen LogP contribution in [0.15, 0.2) is 47.6 Å². The number of hydrogen-bond donors (Lipinski definition) is 2. The van der Waals surface area contributed by atoms with E-state index < -0.39 is 10.8 Å². The molecule has 0 aliphatic rings. The van der Waals surface area contributed by atoms with Gasteiger partial charge in [-0.25, -0.2) is 5.43 Å². The summed E-state index contributed by atoms with van der Waals surface area (Å²) >= 11 is 11.7. The van der Waals surface area contributed by atoms with Crippen LogP contribution in [0.5, 0.6) is 0 Å². The van der Waals surface area contributed by atoms with Gasteiger partial charge in [0.1, 0.15) is 0 Å². The van der Waals surface area contributed by atoms with Crippen LogP contribution >= 0.6 is 23.2 Å². The third kappa shape index (κ3) is 6.69. The lowest BCUT2D eigenvalue weighted by Gasteiger charge is -2.07. The van der Waals surface area contributed by atoms with Gasteiger partial charge in [-0.2, -0.15) is 5.10 Å². The molecule has 0 heterocycles. The van der Waals surface area contributed by atoms with Crippen molar-refractivity contribution >= 4 is 52.6 Å². The Morgan fingerprint density at radius 2 is 1.74 bits per heavy atom. The highest BCUT2D eigenvalue weighted by Gasteiger charge is 2.09. The molecule has 0 aliphatic carbocycles. The summed E-state index contributed by atoms with van der Waals surface area (Å²) in [7, 11) is 0. The van der Waals surface area contributed by atoms with Crippen molar-refractivity contribution in [2.24, 2.45) is 5.10 Å². The number of hydrazone groups is 1. The van der Waals surface area contributed by atoms with Crippen molar-refractivity contribution in [1.82, 2.24) is 5.43 Å². The van der Waals surface area contributed by atoms with Gasteiger partial charge in [-0.1, -0.05) is 23.2 Å². The smallest absolute Gasteiger partial charge is 0.269 e. The lowest BCUT2D eigenvalue weighted by atomic mass is 10.2. The number of carbonyl (C=O) groups is 2. The Morgan fingerprint density at radius 1 is 1.07 bits per heavy atom. The molecule has 0 atom stereocenters. The zero-order valence-electron chi connectivity index (χ0n) is 13.8. The van der Waals surface area contributed by atoms with Gasteiger partial charge in [-0.15, -0.1) is 0 Å². The molecule has 0 saturated heterocycles. The maximum atomic E-state index is 11.9. The average molecular weight is 409 g/mol. The number of nitro benzene ring substituents is 1. The molecule has 2 aromatic rings. The predicted molar refractivity (Wildman–Crippen MR) is 103 cm³/mol. The molecular weight excluding hydrogens is 395 g/mol. The van der Waals surface area contributed by atoms with Gasteiger partial charge in [0, 0.05) is 30.0 Å². The van der Waals surface area contributed by atoms with Crippen LogP contribution in [0.25, 0.3) is 0 Å². The summed E-state index contributed by atoms with van der Waals surface area (Å²) in [5.41, 5.74) is 3.23. The standard InChI is InChI=1S/C17H14Cl2N4O4/c18-12-3-6-15(14(19)9-12)21-16(24)7-8-17(25)22-20-10-11-1-4-13(5-2-11)23(26)27/h1-6,9-10H,7-8H2,(H,21,24)(H,22,25). The molecule has 2 aromatic carbocycles. The Kier molecular flexibility index (Phi) is 7.27. The minimum atomic E-state index is -0.509. The molecule has 0 aromatic heterocycles. The third-order valence-corrected chi connectivity index (χ3v) is 3.84. The van der Waals surface area contributed by atoms with Gasteiger partial charge in [-0.3, -0.25) is 19.7 Å². The Bertz CT molecular complexity index is 885. The molecule has 2 amide bonds. The fourth-order valence-electron chi connectivity index (χ4n) is 1.95. The van der Waals surface area contributed by atoms with Gasteiger partial charge in [0.2, 0.25) is 11.8 Å². The number of benzene rings is 2. The summed E-state index contributed by atoms with van der Waals surface area (Å²) in [6.45, 7) is 0. The monoisotopic (exact) mass is 408 g/mol. The number of rotatable bonds is 7. The van der Waals surface area contributed by atoms with Crippen molar-refractivity contribution in [2.75, 3.05) is 5.32 Å². The molecule has 0 spiro atoms. The molecule has 0 saturated carbocycles. The molecule has 0 aliphatic heterocycles. The summed E-state index contributed by atoms with van der Waals surface area (Å²) < 4.78 is 0. The van der Waals surface area contributed by atoms with Crippen molar-refractivity contribution in [1.29, 1.82) is 0 Å². The highest BCUT2D eigenvalue weighted by Crippen LogP contribution is 2.25. The first-order valence-corrected chi connectivity index (χ1v) is 8.42. The van der Waals surface area contributed by atoms with E-state index in [9.17, 15) is 19.7 Å². The Labute approximate surface area is 164 Å². The van der Waals surface area contributed by atoms with Gasteiger partial charge in [-0.05, 0) is 35.9 Å². The lowest BCUT2D eigenvalue weighted by Crippen LogP contribution is -2.20. The van der Waals surface area contributed by atoms with Crippen LogP contribution in [0.2, 0.25) is 10.0 Å². The van der Waals surface area contributed by atoms with E-state index in [-0.39, 0.29) is 24.4 Å². The molecule has 0 bridgehead atoms. The van der Waals surface area contributed by atoms with Crippen LogP contribution in [0, 0.1) is 10.1 Å². The molecule has 2 N–H and O–H groups in total. The van der Waals surface area contributed by atoms with Crippen molar-refractivity contribution in [3.05, 3.63) is 68.2 Å². The van der Waals surface area contributed by atoms with Crippen molar-refractivity contribution < 1.29 is 14.5 Å². The summed E-state index contributed by atoms with van der Waals surface area (Å²) in [6.07, 6.45) is 1.21. The second-order valence-electron chi connectivity index (χ2n) is 5.31. The average Bonchev–Trinajstić information content (AvgIpc) is 2.63. The number of nitrogens with one attached hydrogen (secondary N) is 2. The minimum Gasteiger partial charge on any atom is -0.325 e. The molecule has 0 radical (unpaired) electrons. The normalized spacial score (nSPS) is 10.6. The van der Waals surface area contributed by atoms with Crippen molar-refractivity contribution in [3.63, 3.8) is 0 Å². The first-order chi connectivity index (χ1) is 12.8. The number of non-ortho nitro benzene ring substituents is 1. The second kappa shape index (κ2) is 9.65. The number of carbonyl (C=O) groups excluding carboxylic acids is 2. The Balaban J connectivity index is 1.76. The largest absolute Gasteiger partial charge is 0.325 e. The van der Waals surface area contributed by atoms with E-state index in [4.69, 9.17) is 23.2 Å². The van der Waals surface area contributed by atoms with Crippen LogP contribution < -0.4 is 10.7 Å². The first kappa shape index (κ1) is 20.3. The predicted octanol–water partition coefficient (Wildman–Crippen LogP) is 3.77. The highest BCUT2D eigenvalue weighted by molar-refractivity contribution is 6.36. The van der Waals surface area contributed by atoms with Crippen LogP contribution in [-0.2, 0) is 9.59 Å².